The van der Waals surface area contributed by atoms with Crippen molar-refractivity contribution in [2.75, 3.05) is 13.1 Å². The van der Waals surface area contributed by atoms with Crippen LogP contribution in [0.2, 0.25) is 0 Å². The highest BCUT2D eigenvalue weighted by atomic mass is 19.2. The lowest BCUT2D eigenvalue weighted by molar-refractivity contribution is 0.300. The van der Waals surface area contributed by atoms with E-state index in [9.17, 15) is 8.78 Å². The first kappa shape index (κ1) is 7.51. The molecule has 0 bridgehead atoms. The van der Waals surface area contributed by atoms with Crippen molar-refractivity contribution in [3.63, 3.8) is 0 Å². The minimum atomic E-state index is -0.707. The summed E-state index contributed by atoms with van der Waals surface area (Å²) >= 11 is 0. The van der Waals surface area contributed by atoms with Gasteiger partial charge in [0.15, 0.2) is 0 Å². The van der Waals surface area contributed by atoms with Crippen LogP contribution in [-0.4, -0.2) is 18.0 Å². The molecule has 1 saturated heterocycles. The second-order valence-corrected chi connectivity index (χ2v) is 2.52. The summed E-state index contributed by atoms with van der Waals surface area (Å²) in [6.45, 7) is 2.47. The van der Waals surface area contributed by atoms with Crippen molar-refractivity contribution in [3.05, 3.63) is 11.8 Å². The van der Waals surface area contributed by atoms with Gasteiger partial charge in [0, 0.05) is 13.1 Å². The molecule has 0 aliphatic carbocycles. The van der Waals surface area contributed by atoms with Crippen molar-refractivity contribution in [2.24, 2.45) is 0 Å². The molecule has 0 amide bonds. The smallest absolute Gasteiger partial charge is 0.221 e. The zero-order valence-electron chi connectivity index (χ0n) is 6.03. The van der Waals surface area contributed by atoms with E-state index >= 15 is 0 Å². The average molecular weight is 147 g/mol. The van der Waals surface area contributed by atoms with Crippen molar-refractivity contribution in [2.45, 2.75) is 19.8 Å². The van der Waals surface area contributed by atoms with Crippen LogP contribution in [0.25, 0.3) is 0 Å². The fourth-order valence-electron chi connectivity index (χ4n) is 1.13. The van der Waals surface area contributed by atoms with Gasteiger partial charge in [0.05, 0.1) is 0 Å². The Labute approximate surface area is 59.3 Å². The van der Waals surface area contributed by atoms with Gasteiger partial charge in [0.25, 0.3) is 0 Å². The maximum Gasteiger partial charge on any atom is 0.221 e. The largest absolute Gasteiger partial charge is 0.346 e. The Morgan fingerprint density at radius 1 is 1.20 bits per heavy atom. The summed E-state index contributed by atoms with van der Waals surface area (Å²) in [4.78, 5) is 1.44. The van der Waals surface area contributed by atoms with Crippen molar-refractivity contribution >= 4 is 0 Å². The first-order valence-electron chi connectivity index (χ1n) is 3.48. The van der Waals surface area contributed by atoms with Gasteiger partial charge in [0.1, 0.15) is 5.83 Å². The number of likely N-dealkylation sites (tertiary alicyclic amines) is 1. The van der Waals surface area contributed by atoms with Crippen LogP contribution in [0.5, 0.6) is 0 Å². The number of hydrogen-bond acceptors (Lipinski definition) is 1. The number of halogens is 2. The molecule has 0 unspecified atom stereocenters. The third kappa shape index (κ3) is 1.46. The normalized spacial score (nSPS) is 21.3. The van der Waals surface area contributed by atoms with E-state index in [1.54, 1.807) is 0 Å². The number of allylic oxidation sites excluding steroid dienone is 1. The van der Waals surface area contributed by atoms with E-state index in [4.69, 9.17) is 0 Å². The Bertz CT molecular complexity index is 144. The molecule has 3 heteroatoms. The Balaban J connectivity index is 2.56. The summed E-state index contributed by atoms with van der Waals surface area (Å²) in [5.41, 5.74) is 0. The molecule has 10 heavy (non-hydrogen) atoms. The summed E-state index contributed by atoms with van der Waals surface area (Å²) in [5.74, 6) is -1.39. The third-order valence-corrected chi connectivity index (χ3v) is 1.67. The molecule has 0 aromatic rings. The zero-order valence-corrected chi connectivity index (χ0v) is 6.03. The van der Waals surface area contributed by atoms with Gasteiger partial charge in [0.2, 0.25) is 5.95 Å². The van der Waals surface area contributed by atoms with Gasteiger partial charge < -0.3 is 4.90 Å². The predicted molar refractivity (Wildman–Crippen MR) is 35.7 cm³/mol. The summed E-state index contributed by atoms with van der Waals surface area (Å²) < 4.78 is 24.9. The Kier molecular flexibility index (Phi) is 2.25. The van der Waals surface area contributed by atoms with Gasteiger partial charge in [-0.15, -0.1) is 0 Å². The molecule has 1 aliphatic rings. The number of hydrogen-bond donors (Lipinski definition) is 0. The fourth-order valence-corrected chi connectivity index (χ4v) is 1.13. The molecule has 0 aromatic carbocycles. The first-order chi connectivity index (χ1) is 4.72. The van der Waals surface area contributed by atoms with Crippen molar-refractivity contribution in [1.29, 1.82) is 0 Å². The summed E-state index contributed by atoms with van der Waals surface area (Å²) in [5, 5.41) is 0. The maximum atomic E-state index is 12.7. The summed E-state index contributed by atoms with van der Waals surface area (Å²) in [7, 11) is 0. The third-order valence-electron chi connectivity index (χ3n) is 1.67. The molecule has 0 saturated carbocycles. The Morgan fingerprint density at radius 2 is 1.70 bits per heavy atom. The Morgan fingerprint density at radius 3 is 2.10 bits per heavy atom. The lowest BCUT2D eigenvalue weighted by Crippen LogP contribution is -2.16. The minimum absolute atomic E-state index is 0.660. The summed E-state index contributed by atoms with van der Waals surface area (Å²) in [6.07, 6.45) is 1.95. The Hall–Kier alpha value is -0.600. The SMILES string of the molecule is C/C(F)=C(\F)N1CCCC1. The average Bonchev–Trinajstić information content (AvgIpc) is 2.36. The predicted octanol–water partition coefficient (Wildman–Crippen LogP) is 2.21. The molecular formula is C7H11F2N. The molecule has 1 fully saturated rings. The molecule has 1 rings (SSSR count). The van der Waals surface area contributed by atoms with Crippen LogP contribution in [0.1, 0.15) is 19.8 Å². The van der Waals surface area contributed by atoms with Crippen molar-refractivity contribution < 1.29 is 8.78 Å². The zero-order chi connectivity index (χ0) is 7.56. The van der Waals surface area contributed by atoms with E-state index in [0.29, 0.717) is 13.1 Å². The van der Waals surface area contributed by atoms with E-state index in [2.05, 4.69) is 0 Å². The highest BCUT2D eigenvalue weighted by molar-refractivity contribution is 4.97. The molecule has 0 atom stereocenters. The van der Waals surface area contributed by atoms with Crippen LogP contribution in [0.3, 0.4) is 0 Å². The topological polar surface area (TPSA) is 3.24 Å². The van der Waals surface area contributed by atoms with Crippen LogP contribution < -0.4 is 0 Å². The van der Waals surface area contributed by atoms with Crippen molar-refractivity contribution in [3.8, 4) is 0 Å². The molecule has 0 spiro atoms. The summed E-state index contributed by atoms with van der Waals surface area (Å²) in [6, 6.07) is 0. The minimum Gasteiger partial charge on any atom is -0.346 e. The van der Waals surface area contributed by atoms with Gasteiger partial charge in [-0.2, -0.15) is 4.39 Å². The van der Waals surface area contributed by atoms with E-state index in [1.807, 2.05) is 0 Å². The standard InChI is InChI=1S/C7H11F2N/c1-6(8)7(9)10-4-2-3-5-10/h2-5H2,1H3/b7-6-. The lowest BCUT2D eigenvalue weighted by atomic mass is 10.4. The van der Waals surface area contributed by atoms with Crippen LogP contribution in [0.15, 0.2) is 11.8 Å². The van der Waals surface area contributed by atoms with Crippen LogP contribution in [0, 0.1) is 0 Å². The van der Waals surface area contributed by atoms with E-state index in [-0.39, 0.29) is 0 Å². The van der Waals surface area contributed by atoms with Gasteiger partial charge >= 0.3 is 0 Å². The molecule has 1 nitrogen and oxygen atoms in total. The maximum absolute atomic E-state index is 12.7. The number of rotatable bonds is 1. The first-order valence-corrected chi connectivity index (χ1v) is 3.48. The van der Waals surface area contributed by atoms with Crippen molar-refractivity contribution in [1.82, 2.24) is 4.90 Å². The molecule has 0 aromatic heterocycles. The monoisotopic (exact) mass is 147 g/mol. The van der Waals surface area contributed by atoms with Gasteiger partial charge in [-0.1, -0.05) is 0 Å². The second kappa shape index (κ2) is 2.99. The highest BCUT2D eigenvalue weighted by Crippen LogP contribution is 2.18. The molecule has 0 N–H and O–H groups in total. The van der Waals surface area contributed by atoms with Gasteiger partial charge in [-0.3, -0.25) is 0 Å². The molecule has 58 valence electrons. The fraction of sp³-hybridized carbons (Fsp3) is 0.714. The quantitative estimate of drug-likeness (QED) is 0.514. The van der Waals surface area contributed by atoms with Crippen LogP contribution >= 0.6 is 0 Å². The van der Waals surface area contributed by atoms with Gasteiger partial charge in [-0.25, -0.2) is 4.39 Å². The van der Waals surface area contributed by atoms with Crippen LogP contribution in [-0.2, 0) is 0 Å². The molecular weight excluding hydrogens is 136 g/mol. The van der Waals surface area contributed by atoms with Crippen LogP contribution in [0.4, 0.5) is 8.78 Å². The molecule has 1 heterocycles. The highest BCUT2D eigenvalue weighted by Gasteiger charge is 2.16. The van der Waals surface area contributed by atoms with E-state index < -0.39 is 11.8 Å². The van der Waals surface area contributed by atoms with E-state index in [1.165, 1.54) is 4.90 Å². The molecule has 0 radical (unpaired) electrons. The lowest BCUT2D eigenvalue weighted by Gasteiger charge is -2.13. The van der Waals surface area contributed by atoms with E-state index in [0.717, 1.165) is 19.8 Å². The second-order valence-electron chi connectivity index (χ2n) is 2.52. The number of nitrogens with zero attached hydrogens (tertiary/aromatic N) is 1. The van der Waals surface area contributed by atoms with Gasteiger partial charge in [-0.05, 0) is 19.8 Å². The molecule has 1 aliphatic heterocycles.